The minimum absolute atomic E-state index is 0.367. The average Bonchev–Trinajstić information content (AvgIpc) is 2.77. The molecule has 2 bridgehead atoms. The summed E-state index contributed by atoms with van der Waals surface area (Å²) in [5.41, 5.74) is 3.68. The zero-order chi connectivity index (χ0) is 14.6. The van der Waals surface area contributed by atoms with Gasteiger partial charge in [-0.15, -0.1) is 0 Å². The minimum atomic E-state index is 0.367. The molecule has 1 aliphatic carbocycles. The van der Waals surface area contributed by atoms with E-state index in [1.807, 2.05) is 0 Å². The third-order valence-corrected chi connectivity index (χ3v) is 6.13. The Labute approximate surface area is 127 Å². The summed E-state index contributed by atoms with van der Waals surface area (Å²) in [6.45, 7) is 2.19. The number of ketones is 1. The lowest BCUT2D eigenvalue weighted by Gasteiger charge is -2.48. The molecule has 1 aromatic rings. The molecule has 0 amide bonds. The quantitative estimate of drug-likeness (QED) is 0.789. The van der Waals surface area contributed by atoms with Crippen molar-refractivity contribution >= 4 is 5.78 Å². The number of Topliss-reactive ketones (excluding diaryl/α,β-unsaturated/α-hetero) is 1. The van der Waals surface area contributed by atoms with Crippen LogP contribution in [0.5, 0.6) is 0 Å². The number of carbonyl (C=O) groups excluding carboxylic acids is 1. The van der Waals surface area contributed by atoms with E-state index < -0.39 is 0 Å². The summed E-state index contributed by atoms with van der Waals surface area (Å²) in [4.78, 5) is 14.8. The smallest absolute Gasteiger partial charge is 0.164 e. The average molecular weight is 286 g/mol. The van der Waals surface area contributed by atoms with Crippen LogP contribution in [0.2, 0.25) is 0 Å². The highest BCUT2D eigenvalue weighted by molar-refractivity contribution is 5.98. The Morgan fingerprint density at radius 1 is 1.05 bits per heavy atom. The van der Waals surface area contributed by atoms with Crippen molar-refractivity contribution in [3.05, 3.63) is 23.0 Å². The number of aromatic nitrogens is 1. The van der Waals surface area contributed by atoms with Crippen LogP contribution in [0.1, 0.15) is 72.7 Å². The van der Waals surface area contributed by atoms with Crippen LogP contribution in [0.15, 0.2) is 6.07 Å². The first kappa shape index (κ1) is 13.6. The molecule has 0 spiro atoms. The second-order valence-electron chi connectivity index (χ2n) is 7.32. The van der Waals surface area contributed by atoms with Gasteiger partial charge < -0.3 is 9.47 Å². The van der Waals surface area contributed by atoms with Gasteiger partial charge in [0.15, 0.2) is 5.78 Å². The number of piperidine rings is 2. The van der Waals surface area contributed by atoms with Crippen LogP contribution >= 0.6 is 0 Å². The maximum absolute atomic E-state index is 12.2. The van der Waals surface area contributed by atoms with Crippen LogP contribution in [0.4, 0.5) is 0 Å². The van der Waals surface area contributed by atoms with Crippen molar-refractivity contribution in [2.75, 3.05) is 7.05 Å². The van der Waals surface area contributed by atoms with Gasteiger partial charge in [-0.2, -0.15) is 0 Å². The highest BCUT2D eigenvalue weighted by Crippen LogP contribution is 2.40. The molecule has 2 saturated heterocycles. The molecule has 0 radical (unpaired) electrons. The second-order valence-corrected chi connectivity index (χ2v) is 7.32. The largest absolute Gasteiger partial charge is 0.345 e. The topological polar surface area (TPSA) is 25.2 Å². The molecule has 0 saturated carbocycles. The number of hydrogen-bond acceptors (Lipinski definition) is 2. The SMILES string of the molecule is Cc1cc2c(n1C1CC3CCCC(C1)N3C)CCCC2=O. The molecule has 1 aromatic heterocycles. The fourth-order valence-electron chi connectivity index (χ4n) is 5.06. The molecule has 21 heavy (non-hydrogen) atoms. The molecule has 4 rings (SSSR count). The number of fused-ring (bicyclic) bond motifs is 3. The van der Waals surface area contributed by atoms with Crippen LogP contribution in [0.3, 0.4) is 0 Å². The van der Waals surface area contributed by atoms with Gasteiger partial charge in [-0.3, -0.25) is 4.79 Å². The maximum Gasteiger partial charge on any atom is 0.164 e. The van der Waals surface area contributed by atoms with Crippen molar-refractivity contribution < 1.29 is 4.79 Å². The number of nitrogens with zero attached hydrogens (tertiary/aromatic N) is 2. The zero-order valence-electron chi connectivity index (χ0n) is 13.3. The Morgan fingerprint density at radius 2 is 1.76 bits per heavy atom. The summed E-state index contributed by atoms with van der Waals surface area (Å²) in [5.74, 6) is 0.367. The van der Waals surface area contributed by atoms with E-state index in [0.29, 0.717) is 11.8 Å². The van der Waals surface area contributed by atoms with Crippen molar-refractivity contribution in [3.63, 3.8) is 0 Å². The zero-order valence-corrected chi connectivity index (χ0v) is 13.3. The number of aryl methyl sites for hydroxylation is 1. The Hall–Kier alpha value is -1.09. The molecule has 3 aliphatic rings. The van der Waals surface area contributed by atoms with Gasteiger partial charge in [0, 0.05) is 41.5 Å². The summed E-state index contributed by atoms with van der Waals surface area (Å²) < 4.78 is 2.55. The van der Waals surface area contributed by atoms with E-state index in [2.05, 4.69) is 29.5 Å². The molecule has 2 atom stereocenters. The van der Waals surface area contributed by atoms with Gasteiger partial charge in [-0.25, -0.2) is 0 Å². The third kappa shape index (κ3) is 2.09. The fourth-order valence-corrected chi connectivity index (χ4v) is 5.06. The van der Waals surface area contributed by atoms with Crippen molar-refractivity contribution in [1.29, 1.82) is 0 Å². The van der Waals surface area contributed by atoms with Crippen LogP contribution in [-0.2, 0) is 6.42 Å². The molecule has 2 unspecified atom stereocenters. The van der Waals surface area contributed by atoms with Gasteiger partial charge in [0.05, 0.1) is 0 Å². The van der Waals surface area contributed by atoms with Crippen molar-refractivity contribution in [1.82, 2.24) is 9.47 Å². The monoisotopic (exact) mass is 286 g/mol. The Balaban J connectivity index is 1.70. The van der Waals surface area contributed by atoms with E-state index in [1.54, 1.807) is 0 Å². The predicted molar refractivity (Wildman–Crippen MR) is 83.9 cm³/mol. The molecule has 114 valence electrons. The van der Waals surface area contributed by atoms with Crippen LogP contribution < -0.4 is 0 Å². The predicted octanol–water partition coefficient (Wildman–Crippen LogP) is 3.50. The lowest BCUT2D eigenvalue weighted by atomic mass is 9.82. The van der Waals surface area contributed by atoms with E-state index in [0.717, 1.165) is 36.9 Å². The third-order valence-electron chi connectivity index (χ3n) is 6.13. The van der Waals surface area contributed by atoms with Crippen molar-refractivity contribution in [2.24, 2.45) is 0 Å². The molecule has 3 heteroatoms. The number of rotatable bonds is 1. The summed E-state index contributed by atoms with van der Waals surface area (Å²) in [6, 6.07) is 4.27. The van der Waals surface area contributed by atoms with E-state index >= 15 is 0 Å². The normalized spacial score (nSPS) is 33.0. The van der Waals surface area contributed by atoms with Gasteiger partial charge in [0.25, 0.3) is 0 Å². The summed E-state index contributed by atoms with van der Waals surface area (Å²) >= 11 is 0. The summed E-state index contributed by atoms with van der Waals surface area (Å²) in [7, 11) is 2.31. The lowest BCUT2D eigenvalue weighted by molar-refractivity contribution is 0.0389. The summed E-state index contributed by atoms with van der Waals surface area (Å²) in [6.07, 6.45) is 9.51. The standard InChI is InChI=1S/C18H26N2O/c1-12-9-16-17(7-4-8-18(16)21)20(12)15-10-13-5-3-6-14(11-15)19(13)2/h9,13-15H,3-8,10-11H2,1-2H3. The van der Waals surface area contributed by atoms with Gasteiger partial charge >= 0.3 is 0 Å². The van der Waals surface area contributed by atoms with Gasteiger partial charge in [-0.1, -0.05) is 6.42 Å². The first-order valence-corrected chi connectivity index (χ1v) is 8.61. The highest BCUT2D eigenvalue weighted by atomic mass is 16.1. The summed E-state index contributed by atoms with van der Waals surface area (Å²) in [5, 5.41) is 0. The van der Waals surface area contributed by atoms with Gasteiger partial charge in [0.1, 0.15) is 0 Å². The van der Waals surface area contributed by atoms with Crippen molar-refractivity contribution in [2.45, 2.75) is 76.4 Å². The van der Waals surface area contributed by atoms with Crippen LogP contribution in [0, 0.1) is 6.92 Å². The molecule has 0 N–H and O–H groups in total. The molecule has 3 nitrogen and oxygen atoms in total. The minimum Gasteiger partial charge on any atom is -0.345 e. The van der Waals surface area contributed by atoms with E-state index in [-0.39, 0.29) is 0 Å². The first-order chi connectivity index (χ1) is 10.1. The molecule has 3 heterocycles. The van der Waals surface area contributed by atoms with E-state index in [1.165, 1.54) is 43.5 Å². The van der Waals surface area contributed by atoms with Gasteiger partial charge in [0.2, 0.25) is 0 Å². The Morgan fingerprint density at radius 3 is 2.48 bits per heavy atom. The fraction of sp³-hybridized carbons (Fsp3) is 0.722. The molecular weight excluding hydrogens is 260 g/mol. The van der Waals surface area contributed by atoms with E-state index in [4.69, 9.17) is 0 Å². The van der Waals surface area contributed by atoms with Crippen molar-refractivity contribution in [3.8, 4) is 0 Å². The maximum atomic E-state index is 12.2. The Bertz CT molecular complexity index is 560. The molecule has 2 fully saturated rings. The molecule has 0 aromatic carbocycles. The van der Waals surface area contributed by atoms with E-state index in [9.17, 15) is 4.79 Å². The van der Waals surface area contributed by atoms with Gasteiger partial charge in [-0.05, 0) is 58.6 Å². The Kier molecular flexibility index (Phi) is 3.21. The van der Waals surface area contributed by atoms with Crippen LogP contribution in [-0.4, -0.2) is 34.4 Å². The van der Waals surface area contributed by atoms with Crippen LogP contribution in [0.25, 0.3) is 0 Å². The molecular formula is C18H26N2O. The molecule has 2 aliphatic heterocycles. The lowest BCUT2D eigenvalue weighted by Crippen LogP contribution is -2.50. The number of hydrogen-bond donors (Lipinski definition) is 0. The number of carbonyl (C=O) groups is 1. The first-order valence-electron chi connectivity index (χ1n) is 8.61. The highest BCUT2D eigenvalue weighted by Gasteiger charge is 2.38. The second kappa shape index (κ2) is 4.98.